The van der Waals surface area contributed by atoms with Gasteiger partial charge in [-0.25, -0.2) is 0 Å². The van der Waals surface area contributed by atoms with Gasteiger partial charge in [-0.05, 0) is 70.5 Å². The van der Waals surface area contributed by atoms with E-state index >= 15 is 0 Å². The number of hydrogen-bond donors (Lipinski definition) is 1. The first-order valence-electron chi connectivity index (χ1n) is 7.28. The average Bonchev–Trinajstić information content (AvgIpc) is 2.81. The Morgan fingerprint density at radius 2 is 2.05 bits per heavy atom. The summed E-state index contributed by atoms with van der Waals surface area (Å²) in [6, 6.07) is 8.83. The maximum atomic E-state index is 4.69. The van der Waals surface area contributed by atoms with Crippen LogP contribution in [0.15, 0.2) is 28.7 Å². The van der Waals surface area contributed by atoms with E-state index in [1.807, 2.05) is 7.05 Å². The lowest BCUT2D eigenvalue weighted by Crippen LogP contribution is -2.21. The normalized spacial score (nSPS) is 12.6. The Morgan fingerprint density at radius 1 is 1.33 bits per heavy atom. The van der Waals surface area contributed by atoms with Gasteiger partial charge in [-0.3, -0.25) is 4.68 Å². The highest BCUT2D eigenvalue weighted by Gasteiger charge is 2.20. The highest BCUT2D eigenvalue weighted by atomic mass is 127. The number of benzene rings is 1. The number of rotatable bonds is 6. The van der Waals surface area contributed by atoms with Crippen LogP contribution in [0.2, 0.25) is 0 Å². The van der Waals surface area contributed by atoms with Gasteiger partial charge in [0.05, 0.1) is 15.9 Å². The molecule has 21 heavy (non-hydrogen) atoms. The Labute approximate surface area is 148 Å². The summed E-state index contributed by atoms with van der Waals surface area (Å²) in [6.07, 6.45) is 1.88. The number of hydrogen-bond acceptors (Lipinski definition) is 2. The highest BCUT2D eigenvalue weighted by Crippen LogP contribution is 2.29. The fraction of sp³-hybridized carbons (Fsp3) is 0.438. The second kappa shape index (κ2) is 7.74. The van der Waals surface area contributed by atoms with Gasteiger partial charge in [0, 0.05) is 22.6 Å². The van der Waals surface area contributed by atoms with Crippen LogP contribution in [0, 0.1) is 3.57 Å². The molecule has 1 aromatic carbocycles. The summed E-state index contributed by atoms with van der Waals surface area (Å²) in [4.78, 5) is 0. The molecule has 0 fully saturated rings. The molecule has 0 saturated carbocycles. The van der Waals surface area contributed by atoms with Crippen LogP contribution in [-0.2, 0) is 19.4 Å². The van der Waals surface area contributed by atoms with E-state index in [9.17, 15) is 0 Å². The smallest absolute Gasteiger partial charge is 0.0766 e. The Morgan fingerprint density at radius 3 is 2.62 bits per heavy atom. The molecule has 0 spiro atoms. The molecule has 0 amide bonds. The molecular weight excluding hydrogens is 441 g/mol. The van der Waals surface area contributed by atoms with E-state index in [0.29, 0.717) is 6.04 Å². The van der Waals surface area contributed by atoms with Crippen LogP contribution >= 0.6 is 38.5 Å². The summed E-state index contributed by atoms with van der Waals surface area (Å²) >= 11 is 6.15. The van der Waals surface area contributed by atoms with Gasteiger partial charge in [-0.2, -0.15) is 5.10 Å². The molecule has 0 aliphatic carbocycles. The van der Waals surface area contributed by atoms with Crippen LogP contribution in [0.5, 0.6) is 0 Å². The SMILES string of the molecule is CCc1nn(CC)c(CC(NC)c2ccccc2I)c1Br. The molecule has 1 N–H and O–H groups in total. The molecule has 2 rings (SSSR count). The molecule has 114 valence electrons. The molecule has 0 radical (unpaired) electrons. The Balaban J connectivity index is 2.35. The Kier molecular flexibility index (Phi) is 6.25. The van der Waals surface area contributed by atoms with Crippen LogP contribution in [0.4, 0.5) is 0 Å². The van der Waals surface area contributed by atoms with E-state index in [4.69, 9.17) is 5.10 Å². The third-order valence-corrected chi connectivity index (χ3v) is 5.62. The van der Waals surface area contributed by atoms with Crippen molar-refractivity contribution >= 4 is 38.5 Å². The second-order valence-corrected chi connectivity index (χ2v) is 6.90. The van der Waals surface area contributed by atoms with Gasteiger partial charge in [-0.1, -0.05) is 25.1 Å². The molecule has 0 bridgehead atoms. The predicted octanol–water partition coefficient (Wildman–Crippen LogP) is 4.34. The molecular formula is C16H21BrIN3. The molecule has 0 aliphatic heterocycles. The lowest BCUT2D eigenvalue weighted by Gasteiger charge is -2.19. The van der Waals surface area contributed by atoms with E-state index in [1.54, 1.807) is 0 Å². The monoisotopic (exact) mass is 461 g/mol. The van der Waals surface area contributed by atoms with E-state index in [2.05, 4.69) is 86.6 Å². The molecule has 2 aromatic rings. The number of halogens is 2. The summed E-state index contributed by atoms with van der Waals surface area (Å²) in [5.74, 6) is 0. The van der Waals surface area contributed by atoms with Crippen LogP contribution in [0.25, 0.3) is 0 Å². The quantitative estimate of drug-likeness (QED) is 0.648. The zero-order valence-corrected chi connectivity index (χ0v) is 16.4. The van der Waals surface area contributed by atoms with Gasteiger partial charge in [0.25, 0.3) is 0 Å². The molecule has 1 aromatic heterocycles. The summed E-state index contributed by atoms with van der Waals surface area (Å²) < 4.78 is 4.57. The van der Waals surface area contributed by atoms with Crippen molar-refractivity contribution in [3.63, 3.8) is 0 Å². The van der Waals surface area contributed by atoms with Crippen LogP contribution in [-0.4, -0.2) is 16.8 Å². The standard InChI is InChI=1S/C16H21BrIN3/c1-4-13-16(17)15(21(5-2)20-13)10-14(19-3)11-8-6-7-9-12(11)18/h6-9,14,19H,4-5,10H2,1-3H3. The maximum Gasteiger partial charge on any atom is 0.0766 e. The number of aryl methyl sites for hydroxylation is 2. The summed E-state index contributed by atoms with van der Waals surface area (Å²) in [7, 11) is 2.02. The Hall–Kier alpha value is -0.400. The van der Waals surface area contributed by atoms with Crippen molar-refractivity contribution < 1.29 is 0 Å². The summed E-state index contributed by atoms with van der Waals surface area (Å²) in [6.45, 7) is 5.19. The number of nitrogens with zero attached hydrogens (tertiary/aromatic N) is 2. The van der Waals surface area contributed by atoms with E-state index in [0.717, 1.165) is 29.6 Å². The molecule has 0 aliphatic rings. The first-order chi connectivity index (χ1) is 10.1. The molecule has 3 nitrogen and oxygen atoms in total. The van der Waals surface area contributed by atoms with Crippen LogP contribution < -0.4 is 5.32 Å². The van der Waals surface area contributed by atoms with Gasteiger partial charge >= 0.3 is 0 Å². The largest absolute Gasteiger partial charge is 0.313 e. The second-order valence-electron chi connectivity index (χ2n) is 4.94. The van der Waals surface area contributed by atoms with Gasteiger partial charge in [0.15, 0.2) is 0 Å². The minimum absolute atomic E-state index is 0.293. The zero-order valence-electron chi connectivity index (χ0n) is 12.7. The first-order valence-corrected chi connectivity index (χ1v) is 9.15. The van der Waals surface area contributed by atoms with E-state index < -0.39 is 0 Å². The molecule has 0 saturated heterocycles. The molecule has 1 heterocycles. The first kappa shape index (κ1) is 17.0. The average molecular weight is 462 g/mol. The summed E-state index contributed by atoms with van der Waals surface area (Å²) in [5, 5.41) is 8.14. The van der Waals surface area contributed by atoms with Gasteiger partial charge in [0.1, 0.15) is 0 Å². The van der Waals surface area contributed by atoms with E-state index in [-0.39, 0.29) is 0 Å². The lowest BCUT2D eigenvalue weighted by molar-refractivity contribution is 0.538. The van der Waals surface area contributed by atoms with Crippen molar-refractivity contribution in [3.8, 4) is 0 Å². The fourth-order valence-electron chi connectivity index (χ4n) is 2.53. The number of nitrogens with one attached hydrogen (secondary N) is 1. The van der Waals surface area contributed by atoms with Gasteiger partial charge in [0.2, 0.25) is 0 Å². The van der Waals surface area contributed by atoms with Crippen molar-refractivity contribution in [1.29, 1.82) is 0 Å². The van der Waals surface area contributed by atoms with Crippen molar-refractivity contribution in [2.75, 3.05) is 7.05 Å². The van der Waals surface area contributed by atoms with Gasteiger partial charge < -0.3 is 5.32 Å². The number of aromatic nitrogens is 2. The zero-order chi connectivity index (χ0) is 15.4. The minimum Gasteiger partial charge on any atom is -0.313 e. The molecule has 1 unspecified atom stereocenters. The van der Waals surface area contributed by atoms with Crippen LogP contribution in [0.3, 0.4) is 0 Å². The van der Waals surface area contributed by atoms with Crippen molar-refractivity contribution in [2.45, 2.75) is 39.3 Å². The topological polar surface area (TPSA) is 29.9 Å². The van der Waals surface area contributed by atoms with E-state index in [1.165, 1.54) is 14.8 Å². The predicted molar refractivity (Wildman–Crippen MR) is 99.6 cm³/mol. The van der Waals surface area contributed by atoms with Crippen LogP contribution in [0.1, 0.15) is 36.8 Å². The Bertz CT molecular complexity index is 610. The van der Waals surface area contributed by atoms with Crippen molar-refractivity contribution in [3.05, 3.63) is 49.3 Å². The molecule has 5 heteroatoms. The third-order valence-electron chi connectivity index (χ3n) is 3.72. The van der Waals surface area contributed by atoms with Gasteiger partial charge in [-0.15, -0.1) is 0 Å². The molecule has 1 atom stereocenters. The van der Waals surface area contributed by atoms with Crippen molar-refractivity contribution in [1.82, 2.24) is 15.1 Å². The maximum absolute atomic E-state index is 4.69. The highest BCUT2D eigenvalue weighted by molar-refractivity contribution is 14.1. The lowest BCUT2D eigenvalue weighted by atomic mass is 10.0. The fourth-order valence-corrected chi connectivity index (χ4v) is 4.02. The van der Waals surface area contributed by atoms with Crippen molar-refractivity contribution in [2.24, 2.45) is 0 Å². The minimum atomic E-state index is 0.293. The number of likely N-dealkylation sites (N-methyl/N-ethyl adjacent to an activating group) is 1. The summed E-state index contributed by atoms with van der Waals surface area (Å²) in [5.41, 5.74) is 3.76. The third kappa shape index (κ3) is 3.68.